The third-order valence-corrected chi connectivity index (χ3v) is 5.01. The highest BCUT2D eigenvalue weighted by Crippen LogP contribution is 2.25. The van der Waals surface area contributed by atoms with Gasteiger partial charge in [-0.15, -0.1) is 0 Å². The van der Waals surface area contributed by atoms with Crippen molar-refractivity contribution in [2.24, 2.45) is 5.41 Å². The molecule has 0 aromatic rings. The third-order valence-electron chi connectivity index (χ3n) is 2.80. The Labute approximate surface area is 107 Å². The number of ether oxygens (including phenoxy) is 1. The summed E-state index contributed by atoms with van der Waals surface area (Å²) in [5, 5.41) is 8.47. The van der Waals surface area contributed by atoms with E-state index < -0.39 is 32.4 Å². The number of carbonyl (C=O) groups excluding carboxylic acids is 1. The Morgan fingerprint density at radius 2 is 1.83 bits per heavy atom. The molecule has 0 saturated heterocycles. The summed E-state index contributed by atoms with van der Waals surface area (Å²) in [7, 11) is -3.38. The lowest BCUT2D eigenvalue weighted by atomic mass is 9.88. The lowest BCUT2D eigenvalue weighted by Gasteiger charge is -2.22. The van der Waals surface area contributed by atoms with Gasteiger partial charge in [0.2, 0.25) is 0 Å². The first kappa shape index (κ1) is 16.9. The molecule has 6 nitrogen and oxygen atoms in total. The van der Waals surface area contributed by atoms with Crippen molar-refractivity contribution < 1.29 is 27.9 Å². The predicted molar refractivity (Wildman–Crippen MR) is 65.9 cm³/mol. The van der Waals surface area contributed by atoms with Crippen molar-refractivity contribution >= 4 is 21.8 Å². The summed E-state index contributed by atoms with van der Waals surface area (Å²) in [6, 6.07) is 0. The van der Waals surface area contributed by atoms with E-state index >= 15 is 0 Å². The summed E-state index contributed by atoms with van der Waals surface area (Å²) in [6.45, 7) is 5.82. The number of hydrogen-bond acceptors (Lipinski definition) is 5. The van der Waals surface area contributed by atoms with Gasteiger partial charge in [0, 0.05) is 0 Å². The Hall–Kier alpha value is -1.11. The molecule has 1 unspecified atom stereocenters. The number of carboxylic acid groups (broad SMARTS) is 1. The van der Waals surface area contributed by atoms with Crippen molar-refractivity contribution in [1.29, 1.82) is 0 Å². The van der Waals surface area contributed by atoms with Gasteiger partial charge in [-0.05, 0) is 34.1 Å². The SMILES string of the molecule is CCOC(=O)C(C)(CCS(=O)(=O)C(C)C)C(=O)O. The number of hydrogen-bond donors (Lipinski definition) is 1. The maximum atomic E-state index is 11.6. The molecule has 0 amide bonds. The Bertz CT molecular complexity index is 411. The van der Waals surface area contributed by atoms with Crippen LogP contribution in [-0.2, 0) is 24.2 Å². The van der Waals surface area contributed by atoms with Crippen molar-refractivity contribution in [3.8, 4) is 0 Å². The van der Waals surface area contributed by atoms with Gasteiger partial charge in [-0.3, -0.25) is 9.59 Å². The maximum Gasteiger partial charge on any atom is 0.323 e. The predicted octanol–water partition coefficient (Wildman–Crippen LogP) is 0.854. The van der Waals surface area contributed by atoms with E-state index in [1.54, 1.807) is 6.92 Å². The number of carboxylic acids is 1. The second-order valence-electron chi connectivity index (χ2n) is 4.52. The molecule has 18 heavy (non-hydrogen) atoms. The van der Waals surface area contributed by atoms with Crippen LogP contribution in [0.5, 0.6) is 0 Å². The molecule has 0 fully saturated rings. The summed E-state index contributed by atoms with van der Waals surface area (Å²) in [5.41, 5.74) is -1.82. The molecule has 0 saturated carbocycles. The summed E-state index contributed by atoms with van der Waals surface area (Å²) in [6.07, 6.45) is -0.290. The van der Waals surface area contributed by atoms with Gasteiger partial charge in [0.15, 0.2) is 15.3 Å². The number of aliphatic carboxylic acids is 1. The number of carbonyl (C=O) groups is 2. The van der Waals surface area contributed by atoms with Crippen LogP contribution >= 0.6 is 0 Å². The van der Waals surface area contributed by atoms with Gasteiger partial charge in [-0.2, -0.15) is 0 Å². The van der Waals surface area contributed by atoms with Gasteiger partial charge in [0.1, 0.15) is 0 Å². The zero-order valence-corrected chi connectivity index (χ0v) is 11.9. The number of rotatable bonds is 7. The first-order chi connectivity index (χ1) is 8.08. The largest absolute Gasteiger partial charge is 0.480 e. The van der Waals surface area contributed by atoms with E-state index in [4.69, 9.17) is 5.11 Å². The molecule has 0 aromatic heterocycles. The molecule has 1 atom stereocenters. The van der Waals surface area contributed by atoms with Crippen LogP contribution in [0.1, 0.15) is 34.1 Å². The van der Waals surface area contributed by atoms with E-state index in [0.717, 1.165) is 0 Å². The van der Waals surface area contributed by atoms with E-state index in [-0.39, 0.29) is 18.8 Å². The number of esters is 1. The topological polar surface area (TPSA) is 97.7 Å². The van der Waals surface area contributed by atoms with Crippen LogP contribution in [0.15, 0.2) is 0 Å². The molecule has 0 bridgehead atoms. The molecular weight excluding hydrogens is 260 g/mol. The Kier molecular flexibility index (Phi) is 5.79. The van der Waals surface area contributed by atoms with Crippen LogP contribution in [0.3, 0.4) is 0 Å². The lowest BCUT2D eigenvalue weighted by Crippen LogP contribution is -2.40. The fourth-order valence-corrected chi connectivity index (χ4v) is 2.33. The van der Waals surface area contributed by atoms with E-state index in [2.05, 4.69) is 4.74 Å². The fraction of sp³-hybridized carbons (Fsp3) is 0.818. The second-order valence-corrected chi connectivity index (χ2v) is 7.20. The van der Waals surface area contributed by atoms with Crippen molar-refractivity contribution in [3.63, 3.8) is 0 Å². The van der Waals surface area contributed by atoms with E-state index in [1.807, 2.05) is 0 Å². The molecule has 0 aliphatic rings. The van der Waals surface area contributed by atoms with E-state index in [0.29, 0.717) is 0 Å². The minimum Gasteiger partial charge on any atom is -0.480 e. The van der Waals surface area contributed by atoms with Gasteiger partial charge in [-0.25, -0.2) is 8.42 Å². The summed E-state index contributed by atoms with van der Waals surface area (Å²) in [5.74, 6) is -2.64. The van der Waals surface area contributed by atoms with Gasteiger partial charge in [0.05, 0.1) is 17.6 Å². The molecule has 0 spiro atoms. The molecular formula is C11H20O6S. The van der Waals surface area contributed by atoms with Crippen LogP contribution in [0.2, 0.25) is 0 Å². The summed E-state index contributed by atoms with van der Waals surface area (Å²) >= 11 is 0. The highest BCUT2D eigenvalue weighted by atomic mass is 32.2. The minimum absolute atomic E-state index is 0.0542. The molecule has 0 aliphatic heterocycles. The van der Waals surface area contributed by atoms with Crippen LogP contribution < -0.4 is 0 Å². The summed E-state index contributed by atoms with van der Waals surface area (Å²) in [4.78, 5) is 22.7. The van der Waals surface area contributed by atoms with Gasteiger partial charge in [-0.1, -0.05) is 0 Å². The molecule has 1 N–H and O–H groups in total. The molecule has 0 aliphatic carbocycles. The quantitative estimate of drug-likeness (QED) is 0.548. The van der Waals surface area contributed by atoms with Crippen molar-refractivity contribution in [2.75, 3.05) is 12.4 Å². The van der Waals surface area contributed by atoms with Crippen LogP contribution in [-0.4, -0.2) is 43.1 Å². The van der Waals surface area contributed by atoms with Gasteiger partial charge in [0.25, 0.3) is 0 Å². The van der Waals surface area contributed by atoms with Crippen LogP contribution in [0.25, 0.3) is 0 Å². The zero-order chi connectivity index (χ0) is 14.6. The highest BCUT2D eigenvalue weighted by molar-refractivity contribution is 7.91. The monoisotopic (exact) mass is 280 g/mol. The van der Waals surface area contributed by atoms with Crippen molar-refractivity contribution in [2.45, 2.75) is 39.4 Å². The lowest BCUT2D eigenvalue weighted by molar-refractivity contribution is -0.167. The fourth-order valence-electron chi connectivity index (χ4n) is 1.17. The van der Waals surface area contributed by atoms with E-state index in [1.165, 1.54) is 20.8 Å². The summed E-state index contributed by atoms with van der Waals surface area (Å²) < 4.78 is 27.9. The van der Waals surface area contributed by atoms with Crippen molar-refractivity contribution in [1.82, 2.24) is 0 Å². The van der Waals surface area contributed by atoms with Crippen LogP contribution in [0, 0.1) is 5.41 Å². The molecule has 7 heteroatoms. The first-order valence-corrected chi connectivity index (χ1v) is 7.41. The van der Waals surface area contributed by atoms with E-state index in [9.17, 15) is 18.0 Å². The standard InChI is InChI=1S/C11H20O6S/c1-5-17-10(14)11(4,9(12)13)6-7-18(15,16)8(2)3/h8H,5-7H2,1-4H3,(H,12,13). The zero-order valence-electron chi connectivity index (χ0n) is 11.1. The smallest absolute Gasteiger partial charge is 0.323 e. The molecule has 106 valence electrons. The molecule has 0 radical (unpaired) electrons. The molecule has 0 heterocycles. The van der Waals surface area contributed by atoms with Gasteiger partial charge >= 0.3 is 11.9 Å². The van der Waals surface area contributed by atoms with Crippen molar-refractivity contribution in [3.05, 3.63) is 0 Å². The average Bonchev–Trinajstić information content (AvgIpc) is 2.25. The molecule has 0 aromatic carbocycles. The first-order valence-electron chi connectivity index (χ1n) is 5.70. The average molecular weight is 280 g/mol. The maximum absolute atomic E-state index is 11.6. The Morgan fingerprint density at radius 1 is 1.33 bits per heavy atom. The Balaban J connectivity index is 4.97. The molecule has 0 rings (SSSR count). The third kappa shape index (κ3) is 3.97. The Morgan fingerprint density at radius 3 is 2.17 bits per heavy atom. The van der Waals surface area contributed by atoms with Crippen LogP contribution in [0.4, 0.5) is 0 Å². The highest BCUT2D eigenvalue weighted by Gasteiger charge is 2.43. The van der Waals surface area contributed by atoms with Gasteiger partial charge < -0.3 is 9.84 Å². The number of sulfone groups is 1. The normalized spacial score (nSPS) is 15.2. The minimum atomic E-state index is -3.38. The second kappa shape index (κ2) is 6.17.